The molecule has 0 unspecified atom stereocenters. The zero-order valence-electron chi connectivity index (χ0n) is 10.0. The second-order valence-corrected chi connectivity index (χ2v) is 4.65. The van der Waals surface area contributed by atoms with Crippen molar-refractivity contribution in [2.45, 2.75) is 6.61 Å². The summed E-state index contributed by atoms with van der Waals surface area (Å²) in [5.74, 6) is 1.30. The van der Waals surface area contributed by atoms with Crippen LogP contribution in [0.3, 0.4) is 0 Å². The van der Waals surface area contributed by atoms with E-state index in [1.807, 2.05) is 30.3 Å². The highest BCUT2D eigenvalue weighted by atomic mass is 79.9. The summed E-state index contributed by atoms with van der Waals surface area (Å²) in [7, 11) is 1.60. The predicted octanol–water partition coefficient (Wildman–Crippen LogP) is 3.62. The van der Waals surface area contributed by atoms with Crippen LogP contribution in [-0.2, 0) is 6.61 Å². The Hall–Kier alpha value is -1.68. The lowest BCUT2D eigenvalue weighted by molar-refractivity contribution is 0.284. The third kappa shape index (κ3) is 2.96. The number of anilines is 1. The van der Waals surface area contributed by atoms with E-state index in [-0.39, 0.29) is 0 Å². The highest BCUT2D eigenvalue weighted by Gasteiger charge is 2.08. The minimum Gasteiger partial charge on any atom is -0.493 e. The van der Waals surface area contributed by atoms with E-state index in [4.69, 9.17) is 15.2 Å². The van der Waals surface area contributed by atoms with Crippen molar-refractivity contribution in [2.75, 3.05) is 12.8 Å². The molecule has 0 aliphatic heterocycles. The molecule has 18 heavy (non-hydrogen) atoms. The monoisotopic (exact) mass is 307 g/mol. The van der Waals surface area contributed by atoms with Crippen molar-refractivity contribution < 1.29 is 9.47 Å². The van der Waals surface area contributed by atoms with E-state index < -0.39 is 0 Å². The smallest absolute Gasteiger partial charge is 0.163 e. The zero-order valence-corrected chi connectivity index (χ0v) is 11.6. The van der Waals surface area contributed by atoms with E-state index in [0.29, 0.717) is 23.8 Å². The Morgan fingerprint density at radius 1 is 1.11 bits per heavy atom. The molecule has 0 amide bonds. The summed E-state index contributed by atoms with van der Waals surface area (Å²) < 4.78 is 11.8. The van der Waals surface area contributed by atoms with Gasteiger partial charge in [-0.2, -0.15) is 0 Å². The standard InChI is InChI=1S/C14H14BrNO2/c1-17-13-7-11(15)12(16)8-14(13)18-9-10-5-3-2-4-6-10/h2-8H,9,16H2,1H3. The number of hydrogen-bond donors (Lipinski definition) is 1. The van der Waals surface area contributed by atoms with Gasteiger partial charge in [0, 0.05) is 22.3 Å². The van der Waals surface area contributed by atoms with Crippen molar-refractivity contribution in [2.24, 2.45) is 0 Å². The van der Waals surface area contributed by atoms with Crippen LogP contribution in [0.25, 0.3) is 0 Å². The molecule has 3 nitrogen and oxygen atoms in total. The first-order chi connectivity index (χ1) is 8.70. The molecule has 0 fully saturated rings. The summed E-state index contributed by atoms with van der Waals surface area (Å²) >= 11 is 3.36. The first kappa shape index (κ1) is 12.8. The van der Waals surface area contributed by atoms with Gasteiger partial charge in [-0.05, 0) is 21.5 Å². The van der Waals surface area contributed by atoms with Crippen LogP contribution in [0.4, 0.5) is 5.69 Å². The quantitative estimate of drug-likeness (QED) is 0.877. The fourth-order valence-corrected chi connectivity index (χ4v) is 1.88. The van der Waals surface area contributed by atoms with Crippen molar-refractivity contribution in [3.8, 4) is 11.5 Å². The van der Waals surface area contributed by atoms with Gasteiger partial charge in [0.15, 0.2) is 11.5 Å². The second-order valence-electron chi connectivity index (χ2n) is 3.80. The molecule has 2 aromatic carbocycles. The summed E-state index contributed by atoms with van der Waals surface area (Å²) in [6, 6.07) is 13.5. The van der Waals surface area contributed by atoms with Gasteiger partial charge in [0.05, 0.1) is 7.11 Å². The van der Waals surface area contributed by atoms with E-state index in [0.717, 1.165) is 10.0 Å². The van der Waals surface area contributed by atoms with Crippen LogP contribution in [0.1, 0.15) is 5.56 Å². The maximum absolute atomic E-state index is 5.83. The third-order valence-corrected chi connectivity index (χ3v) is 3.21. The molecule has 0 aliphatic carbocycles. The summed E-state index contributed by atoms with van der Waals surface area (Å²) in [6.45, 7) is 0.484. The molecule has 2 N–H and O–H groups in total. The lowest BCUT2D eigenvalue weighted by atomic mass is 10.2. The molecule has 0 heterocycles. The lowest BCUT2D eigenvalue weighted by Gasteiger charge is -2.12. The van der Waals surface area contributed by atoms with Gasteiger partial charge in [0.1, 0.15) is 6.61 Å². The van der Waals surface area contributed by atoms with Crippen molar-refractivity contribution in [1.82, 2.24) is 0 Å². The van der Waals surface area contributed by atoms with Gasteiger partial charge >= 0.3 is 0 Å². The Kier molecular flexibility index (Phi) is 4.10. The summed E-state index contributed by atoms with van der Waals surface area (Å²) in [4.78, 5) is 0. The highest BCUT2D eigenvalue weighted by Crippen LogP contribution is 2.35. The Morgan fingerprint density at radius 2 is 1.83 bits per heavy atom. The largest absolute Gasteiger partial charge is 0.493 e. The molecule has 0 aromatic heterocycles. The van der Waals surface area contributed by atoms with Crippen LogP contribution in [0, 0.1) is 0 Å². The Balaban J connectivity index is 2.16. The molecule has 0 saturated heterocycles. The van der Waals surface area contributed by atoms with Gasteiger partial charge in [-0.3, -0.25) is 0 Å². The maximum atomic E-state index is 5.83. The average Bonchev–Trinajstić information content (AvgIpc) is 2.41. The molecular formula is C14H14BrNO2. The minimum atomic E-state index is 0.484. The predicted molar refractivity (Wildman–Crippen MR) is 75.9 cm³/mol. The van der Waals surface area contributed by atoms with Crippen LogP contribution < -0.4 is 15.2 Å². The lowest BCUT2D eigenvalue weighted by Crippen LogP contribution is -1.99. The summed E-state index contributed by atoms with van der Waals surface area (Å²) in [5.41, 5.74) is 7.55. The molecular weight excluding hydrogens is 294 g/mol. The number of nitrogens with two attached hydrogens (primary N) is 1. The van der Waals surface area contributed by atoms with Gasteiger partial charge < -0.3 is 15.2 Å². The molecule has 94 valence electrons. The molecule has 0 spiro atoms. The molecule has 0 radical (unpaired) electrons. The van der Waals surface area contributed by atoms with Crippen molar-refractivity contribution >= 4 is 21.6 Å². The van der Waals surface area contributed by atoms with Crippen molar-refractivity contribution in [3.05, 3.63) is 52.5 Å². The number of nitrogen functional groups attached to an aromatic ring is 1. The molecule has 2 rings (SSSR count). The number of methoxy groups -OCH3 is 1. The van der Waals surface area contributed by atoms with Crippen LogP contribution in [0.5, 0.6) is 11.5 Å². The third-order valence-electron chi connectivity index (χ3n) is 2.52. The van der Waals surface area contributed by atoms with Gasteiger partial charge in [-0.15, -0.1) is 0 Å². The van der Waals surface area contributed by atoms with Gasteiger partial charge in [-0.25, -0.2) is 0 Å². The molecule has 2 aromatic rings. The second kappa shape index (κ2) is 5.78. The number of rotatable bonds is 4. The first-order valence-corrected chi connectivity index (χ1v) is 6.29. The molecule has 0 bridgehead atoms. The van der Waals surface area contributed by atoms with Crippen molar-refractivity contribution in [3.63, 3.8) is 0 Å². The Bertz CT molecular complexity index is 529. The summed E-state index contributed by atoms with van der Waals surface area (Å²) in [6.07, 6.45) is 0. The Morgan fingerprint density at radius 3 is 2.50 bits per heavy atom. The van der Waals surface area contributed by atoms with Crippen LogP contribution >= 0.6 is 15.9 Å². The molecule has 4 heteroatoms. The van der Waals surface area contributed by atoms with Crippen LogP contribution in [0.2, 0.25) is 0 Å². The number of hydrogen-bond acceptors (Lipinski definition) is 3. The number of benzene rings is 2. The minimum absolute atomic E-state index is 0.484. The Labute approximate surface area is 115 Å². The maximum Gasteiger partial charge on any atom is 0.163 e. The van der Waals surface area contributed by atoms with Crippen LogP contribution in [-0.4, -0.2) is 7.11 Å². The van der Waals surface area contributed by atoms with Gasteiger partial charge in [-0.1, -0.05) is 30.3 Å². The van der Waals surface area contributed by atoms with Gasteiger partial charge in [0.25, 0.3) is 0 Å². The number of halogens is 1. The topological polar surface area (TPSA) is 44.5 Å². The average molecular weight is 308 g/mol. The summed E-state index contributed by atoms with van der Waals surface area (Å²) in [5, 5.41) is 0. The first-order valence-electron chi connectivity index (χ1n) is 5.50. The molecule has 0 aliphatic rings. The van der Waals surface area contributed by atoms with E-state index in [1.165, 1.54) is 0 Å². The highest BCUT2D eigenvalue weighted by molar-refractivity contribution is 9.10. The van der Waals surface area contributed by atoms with E-state index in [2.05, 4.69) is 15.9 Å². The zero-order chi connectivity index (χ0) is 13.0. The van der Waals surface area contributed by atoms with Gasteiger partial charge in [0.2, 0.25) is 0 Å². The molecule has 0 saturated carbocycles. The van der Waals surface area contributed by atoms with E-state index in [1.54, 1.807) is 19.2 Å². The fourth-order valence-electron chi connectivity index (χ4n) is 1.56. The van der Waals surface area contributed by atoms with E-state index in [9.17, 15) is 0 Å². The SMILES string of the molecule is COc1cc(Br)c(N)cc1OCc1ccccc1. The number of ether oxygens (including phenoxy) is 2. The fraction of sp³-hybridized carbons (Fsp3) is 0.143. The van der Waals surface area contributed by atoms with Crippen LogP contribution in [0.15, 0.2) is 46.9 Å². The van der Waals surface area contributed by atoms with E-state index >= 15 is 0 Å². The normalized spacial score (nSPS) is 10.1. The molecule has 0 atom stereocenters. The van der Waals surface area contributed by atoms with Crippen molar-refractivity contribution in [1.29, 1.82) is 0 Å².